The van der Waals surface area contributed by atoms with Crippen molar-refractivity contribution in [2.24, 2.45) is 5.73 Å². The highest BCUT2D eigenvalue weighted by Gasteiger charge is 2.17. The zero-order valence-electron chi connectivity index (χ0n) is 8.06. The van der Waals surface area contributed by atoms with Crippen molar-refractivity contribution in [1.82, 2.24) is 9.59 Å². The molecule has 1 aliphatic heterocycles. The summed E-state index contributed by atoms with van der Waals surface area (Å²) in [4.78, 5) is 1.07. The minimum atomic E-state index is 0.0826. The van der Waals surface area contributed by atoms with E-state index in [1.807, 2.05) is 0 Å². The third-order valence-corrected chi connectivity index (χ3v) is 3.36. The number of hydrogen-bond acceptors (Lipinski definition) is 5. The van der Waals surface area contributed by atoms with Crippen LogP contribution in [-0.2, 0) is 4.74 Å². The fourth-order valence-electron chi connectivity index (χ4n) is 1.72. The molecule has 4 nitrogen and oxygen atoms in total. The molecule has 0 amide bonds. The van der Waals surface area contributed by atoms with Gasteiger partial charge in [-0.2, -0.15) is 0 Å². The second kappa shape index (κ2) is 4.82. The van der Waals surface area contributed by atoms with E-state index in [9.17, 15) is 0 Å². The Hall–Kier alpha value is -0.520. The van der Waals surface area contributed by atoms with E-state index in [1.54, 1.807) is 6.20 Å². The van der Waals surface area contributed by atoms with Gasteiger partial charge in [-0.3, -0.25) is 0 Å². The van der Waals surface area contributed by atoms with Crippen molar-refractivity contribution in [2.45, 2.75) is 37.8 Å². The summed E-state index contributed by atoms with van der Waals surface area (Å²) in [5.74, 6) is 0. The summed E-state index contributed by atoms with van der Waals surface area (Å²) in [6.45, 7) is 0.919. The number of aromatic nitrogens is 2. The lowest BCUT2D eigenvalue weighted by Gasteiger charge is -2.12. The Morgan fingerprint density at radius 3 is 3.29 bits per heavy atom. The van der Waals surface area contributed by atoms with Gasteiger partial charge in [-0.1, -0.05) is 4.49 Å². The average Bonchev–Trinajstić information content (AvgIpc) is 2.87. The Balaban J connectivity index is 1.74. The fourth-order valence-corrected chi connectivity index (χ4v) is 2.25. The molecule has 2 N–H and O–H groups in total. The van der Waals surface area contributed by atoms with Crippen molar-refractivity contribution < 1.29 is 4.74 Å². The van der Waals surface area contributed by atoms with E-state index in [-0.39, 0.29) is 6.04 Å². The maximum Gasteiger partial charge on any atom is 0.0669 e. The van der Waals surface area contributed by atoms with Gasteiger partial charge in [0.15, 0.2) is 0 Å². The van der Waals surface area contributed by atoms with Crippen LogP contribution in [0.4, 0.5) is 0 Å². The molecule has 1 aromatic rings. The third kappa shape index (κ3) is 2.50. The van der Waals surface area contributed by atoms with Crippen molar-refractivity contribution in [2.75, 3.05) is 6.61 Å². The van der Waals surface area contributed by atoms with Gasteiger partial charge in [0.25, 0.3) is 0 Å². The predicted octanol–water partition coefficient (Wildman–Crippen LogP) is 1.50. The zero-order valence-corrected chi connectivity index (χ0v) is 8.87. The topological polar surface area (TPSA) is 61.0 Å². The first-order chi connectivity index (χ1) is 6.86. The summed E-state index contributed by atoms with van der Waals surface area (Å²) in [5, 5.41) is 3.78. The Bertz CT molecular complexity index is 259. The first-order valence-corrected chi connectivity index (χ1v) is 5.78. The molecule has 1 aromatic heterocycles. The molecule has 0 radical (unpaired) electrons. The predicted molar refractivity (Wildman–Crippen MR) is 55.0 cm³/mol. The van der Waals surface area contributed by atoms with Gasteiger partial charge in [0, 0.05) is 12.6 Å². The molecule has 1 aliphatic rings. The Morgan fingerprint density at radius 1 is 1.71 bits per heavy atom. The maximum absolute atomic E-state index is 5.99. The lowest BCUT2D eigenvalue weighted by atomic mass is 10.1. The molecule has 0 spiro atoms. The molecule has 5 heteroatoms. The number of hydrogen-bond donors (Lipinski definition) is 1. The Kier molecular flexibility index (Phi) is 3.44. The molecule has 0 aliphatic carbocycles. The monoisotopic (exact) mass is 213 g/mol. The lowest BCUT2D eigenvalue weighted by Crippen LogP contribution is -2.13. The summed E-state index contributed by atoms with van der Waals surface area (Å²) in [5.41, 5.74) is 5.99. The number of rotatable bonds is 4. The lowest BCUT2D eigenvalue weighted by molar-refractivity contribution is 0.101. The fraction of sp³-hybridized carbons (Fsp3) is 0.778. The standard InChI is InChI=1S/C9H15N3OS/c10-8(9-6-11-12-14-9)4-3-7-2-1-5-13-7/h6-8H,1-5,10H2. The van der Waals surface area contributed by atoms with Crippen LogP contribution in [0.15, 0.2) is 6.20 Å². The highest BCUT2D eigenvalue weighted by molar-refractivity contribution is 7.05. The van der Waals surface area contributed by atoms with Crippen molar-refractivity contribution in [3.8, 4) is 0 Å². The van der Waals surface area contributed by atoms with Crippen molar-refractivity contribution in [3.63, 3.8) is 0 Å². The first-order valence-electron chi connectivity index (χ1n) is 5.00. The van der Waals surface area contributed by atoms with Gasteiger partial charge in [-0.05, 0) is 37.2 Å². The number of ether oxygens (including phenoxy) is 1. The molecule has 0 aromatic carbocycles. The first kappa shape index (κ1) is 10.0. The molecular formula is C9H15N3OS. The molecule has 2 rings (SSSR count). The average molecular weight is 213 g/mol. The van der Waals surface area contributed by atoms with E-state index >= 15 is 0 Å². The number of nitrogens with zero attached hydrogens (tertiary/aromatic N) is 2. The Morgan fingerprint density at radius 2 is 2.64 bits per heavy atom. The van der Waals surface area contributed by atoms with Crippen LogP contribution in [0.5, 0.6) is 0 Å². The summed E-state index contributed by atoms with van der Waals surface area (Å²) >= 11 is 1.39. The summed E-state index contributed by atoms with van der Waals surface area (Å²) < 4.78 is 9.34. The zero-order chi connectivity index (χ0) is 9.80. The van der Waals surface area contributed by atoms with Crippen LogP contribution in [-0.4, -0.2) is 22.3 Å². The van der Waals surface area contributed by atoms with Gasteiger partial charge in [0.1, 0.15) is 0 Å². The van der Waals surface area contributed by atoms with E-state index < -0.39 is 0 Å². The van der Waals surface area contributed by atoms with Crippen LogP contribution in [0.3, 0.4) is 0 Å². The van der Waals surface area contributed by atoms with Crippen molar-refractivity contribution in [3.05, 3.63) is 11.1 Å². The van der Waals surface area contributed by atoms with Crippen LogP contribution in [0, 0.1) is 0 Å². The van der Waals surface area contributed by atoms with Crippen LogP contribution >= 0.6 is 11.5 Å². The smallest absolute Gasteiger partial charge is 0.0669 e. The van der Waals surface area contributed by atoms with Crippen LogP contribution in [0.25, 0.3) is 0 Å². The van der Waals surface area contributed by atoms with E-state index in [1.165, 1.54) is 24.4 Å². The highest BCUT2D eigenvalue weighted by atomic mass is 32.1. The van der Waals surface area contributed by atoms with Gasteiger partial charge in [-0.15, -0.1) is 5.10 Å². The largest absolute Gasteiger partial charge is 0.378 e. The second-order valence-electron chi connectivity index (χ2n) is 3.64. The van der Waals surface area contributed by atoms with Crippen molar-refractivity contribution >= 4 is 11.5 Å². The molecule has 0 saturated carbocycles. The quantitative estimate of drug-likeness (QED) is 0.823. The molecular weight excluding hydrogens is 198 g/mol. The molecule has 0 bridgehead atoms. The molecule has 2 atom stereocenters. The Labute approximate surface area is 87.6 Å². The van der Waals surface area contributed by atoms with E-state index in [4.69, 9.17) is 10.5 Å². The van der Waals surface area contributed by atoms with E-state index in [0.29, 0.717) is 6.10 Å². The maximum atomic E-state index is 5.99. The summed E-state index contributed by atoms with van der Waals surface area (Å²) in [6.07, 6.45) is 6.59. The van der Waals surface area contributed by atoms with E-state index in [2.05, 4.69) is 9.59 Å². The molecule has 1 fully saturated rings. The second-order valence-corrected chi connectivity index (χ2v) is 4.46. The van der Waals surface area contributed by atoms with Gasteiger partial charge in [0.05, 0.1) is 17.2 Å². The molecule has 1 saturated heterocycles. The van der Waals surface area contributed by atoms with Crippen LogP contribution < -0.4 is 5.73 Å². The molecule has 78 valence electrons. The van der Waals surface area contributed by atoms with Crippen LogP contribution in [0.1, 0.15) is 36.6 Å². The minimum Gasteiger partial charge on any atom is -0.378 e. The van der Waals surface area contributed by atoms with Gasteiger partial charge in [-0.25, -0.2) is 0 Å². The molecule has 2 heterocycles. The summed E-state index contributed by atoms with van der Waals surface area (Å²) in [6, 6.07) is 0.0826. The third-order valence-electron chi connectivity index (χ3n) is 2.57. The summed E-state index contributed by atoms with van der Waals surface area (Å²) in [7, 11) is 0. The minimum absolute atomic E-state index is 0.0826. The number of nitrogens with two attached hydrogens (primary N) is 1. The molecule has 14 heavy (non-hydrogen) atoms. The SMILES string of the molecule is NC(CCC1CCCO1)c1cnns1. The van der Waals surface area contributed by atoms with Gasteiger partial charge in [0.2, 0.25) is 0 Å². The highest BCUT2D eigenvalue weighted by Crippen LogP contribution is 2.23. The van der Waals surface area contributed by atoms with E-state index in [0.717, 1.165) is 24.3 Å². The van der Waals surface area contributed by atoms with Crippen LogP contribution in [0.2, 0.25) is 0 Å². The van der Waals surface area contributed by atoms with Crippen molar-refractivity contribution in [1.29, 1.82) is 0 Å². The van der Waals surface area contributed by atoms with Gasteiger partial charge >= 0.3 is 0 Å². The van der Waals surface area contributed by atoms with Gasteiger partial charge < -0.3 is 10.5 Å². The normalized spacial score (nSPS) is 23.9. The molecule has 2 unspecified atom stereocenters.